The molecule has 194 valence electrons. The molecule has 2 N–H and O–H groups in total. The quantitative estimate of drug-likeness (QED) is 0.455. The number of rotatable bonds is 8. The van der Waals surface area contributed by atoms with E-state index in [-0.39, 0.29) is 35.6 Å². The summed E-state index contributed by atoms with van der Waals surface area (Å²) in [5.41, 5.74) is 1.07. The van der Waals surface area contributed by atoms with Crippen LogP contribution in [0.2, 0.25) is 0 Å². The molecule has 2 aliphatic carbocycles. The van der Waals surface area contributed by atoms with Crippen molar-refractivity contribution in [1.82, 2.24) is 15.5 Å². The van der Waals surface area contributed by atoms with Crippen LogP contribution in [-0.4, -0.2) is 52.3 Å². The average molecular weight is 504 g/mol. The van der Waals surface area contributed by atoms with E-state index >= 15 is 0 Å². The fourth-order valence-electron chi connectivity index (χ4n) is 4.83. The average Bonchev–Trinajstić information content (AvgIpc) is 3.51. The molecule has 0 radical (unpaired) electrons. The molecule has 35 heavy (non-hydrogen) atoms. The van der Waals surface area contributed by atoms with Gasteiger partial charge in [-0.3, -0.25) is 9.59 Å². The molecule has 8 heteroatoms. The Bertz CT molecular complexity index is 910. The number of hydrogen-bond acceptors (Lipinski definition) is 5. The minimum Gasteiger partial charge on any atom is -0.444 e. The van der Waals surface area contributed by atoms with Crippen LogP contribution in [0.4, 0.5) is 4.79 Å². The van der Waals surface area contributed by atoms with E-state index in [0.717, 1.165) is 43.2 Å². The lowest BCUT2D eigenvalue weighted by atomic mass is 9.93. The van der Waals surface area contributed by atoms with Crippen molar-refractivity contribution in [1.29, 1.82) is 0 Å². The third kappa shape index (κ3) is 7.38. The standard InChI is InChI=1S/C27H41N3O4S/c1-17-11-9-10-14-20(17)23(24(31)28-19-12-7-6-8-13-19)30(22-15-18(22)2)25(32)21(16-35)29-26(33)34-27(3,4)5/h9-11,14,18-19,21-23,35H,6-8,12-13,15-16H2,1-5H3,(H,28,31)(H,29,33). The minimum absolute atomic E-state index is 0.0768. The van der Waals surface area contributed by atoms with Gasteiger partial charge in [0, 0.05) is 17.8 Å². The van der Waals surface area contributed by atoms with Crippen molar-refractivity contribution in [2.45, 2.75) is 103 Å². The Morgan fingerprint density at radius 3 is 2.31 bits per heavy atom. The van der Waals surface area contributed by atoms with E-state index in [1.54, 1.807) is 25.7 Å². The summed E-state index contributed by atoms with van der Waals surface area (Å²) in [5, 5.41) is 5.92. The second kappa shape index (κ2) is 11.7. The van der Waals surface area contributed by atoms with Gasteiger partial charge in [0.25, 0.3) is 0 Å². The van der Waals surface area contributed by atoms with E-state index in [0.29, 0.717) is 0 Å². The molecule has 2 aliphatic rings. The van der Waals surface area contributed by atoms with Crippen LogP contribution in [0.1, 0.15) is 83.4 Å². The zero-order chi connectivity index (χ0) is 25.8. The van der Waals surface area contributed by atoms with Crippen molar-refractivity contribution in [3.05, 3.63) is 35.4 Å². The maximum absolute atomic E-state index is 14.0. The lowest BCUT2D eigenvalue weighted by Gasteiger charge is -2.36. The van der Waals surface area contributed by atoms with E-state index in [2.05, 4.69) is 30.2 Å². The number of carbonyl (C=O) groups excluding carboxylic acids is 3. The summed E-state index contributed by atoms with van der Waals surface area (Å²) in [6, 6.07) is 6.08. The van der Waals surface area contributed by atoms with Crippen molar-refractivity contribution in [2.75, 3.05) is 5.75 Å². The van der Waals surface area contributed by atoms with E-state index in [1.807, 2.05) is 31.2 Å². The highest BCUT2D eigenvalue weighted by molar-refractivity contribution is 7.80. The number of amides is 3. The number of benzene rings is 1. The molecule has 4 unspecified atom stereocenters. The Labute approximate surface area is 215 Å². The molecule has 2 saturated carbocycles. The van der Waals surface area contributed by atoms with Gasteiger partial charge in [-0.1, -0.05) is 50.5 Å². The Morgan fingerprint density at radius 1 is 1.14 bits per heavy atom. The number of thiol groups is 1. The third-order valence-electron chi connectivity index (χ3n) is 6.81. The first-order chi connectivity index (χ1) is 16.5. The summed E-state index contributed by atoms with van der Waals surface area (Å²) >= 11 is 4.36. The predicted molar refractivity (Wildman–Crippen MR) is 140 cm³/mol. The van der Waals surface area contributed by atoms with Crippen LogP contribution in [0, 0.1) is 12.8 Å². The first kappa shape index (κ1) is 27.4. The van der Waals surface area contributed by atoms with E-state index in [9.17, 15) is 14.4 Å². The lowest BCUT2D eigenvalue weighted by Crippen LogP contribution is -2.55. The summed E-state index contributed by atoms with van der Waals surface area (Å²) in [7, 11) is 0. The van der Waals surface area contributed by atoms with Gasteiger partial charge in [-0.25, -0.2) is 4.79 Å². The second-order valence-electron chi connectivity index (χ2n) is 11.0. The first-order valence-electron chi connectivity index (χ1n) is 12.8. The molecule has 1 aromatic rings. The number of hydrogen-bond donors (Lipinski definition) is 3. The molecule has 3 amide bonds. The normalized spacial score (nSPS) is 22.0. The molecule has 7 nitrogen and oxygen atoms in total. The zero-order valence-corrected chi connectivity index (χ0v) is 22.6. The number of ether oxygens (including phenoxy) is 1. The Hall–Kier alpha value is -2.22. The highest BCUT2D eigenvalue weighted by atomic mass is 32.1. The van der Waals surface area contributed by atoms with Crippen molar-refractivity contribution in [3.63, 3.8) is 0 Å². The van der Waals surface area contributed by atoms with Gasteiger partial charge >= 0.3 is 6.09 Å². The van der Waals surface area contributed by atoms with Gasteiger partial charge in [0.05, 0.1) is 0 Å². The molecule has 4 atom stereocenters. The Morgan fingerprint density at radius 2 is 1.77 bits per heavy atom. The molecule has 0 aliphatic heterocycles. The second-order valence-corrected chi connectivity index (χ2v) is 11.4. The van der Waals surface area contributed by atoms with Gasteiger partial charge in [-0.05, 0) is 64.0 Å². The van der Waals surface area contributed by atoms with Crippen LogP contribution in [0.25, 0.3) is 0 Å². The number of alkyl carbamates (subject to hydrolysis) is 1. The summed E-state index contributed by atoms with van der Waals surface area (Å²) in [6.45, 7) is 9.35. The molecular weight excluding hydrogens is 462 g/mol. The summed E-state index contributed by atoms with van der Waals surface area (Å²) in [4.78, 5) is 42.0. The number of nitrogens with zero attached hydrogens (tertiary/aromatic N) is 1. The van der Waals surface area contributed by atoms with Crippen molar-refractivity contribution in [3.8, 4) is 0 Å². The molecule has 2 fully saturated rings. The molecule has 0 saturated heterocycles. The van der Waals surface area contributed by atoms with E-state index in [4.69, 9.17) is 4.74 Å². The van der Waals surface area contributed by atoms with Crippen LogP contribution in [-0.2, 0) is 14.3 Å². The summed E-state index contributed by atoms with van der Waals surface area (Å²) in [6.07, 6.45) is 5.45. The number of carbonyl (C=O) groups is 3. The third-order valence-corrected chi connectivity index (χ3v) is 7.18. The van der Waals surface area contributed by atoms with Crippen LogP contribution < -0.4 is 10.6 Å². The maximum atomic E-state index is 14.0. The van der Waals surface area contributed by atoms with Gasteiger partial charge in [0.15, 0.2) is 0 Å². The predicted octanol–water partition coefficient (Wildman–Crippen LogP) is 4.55. The zero-order valence-electron chi connectivity index (χ0n) is 21.7. The molecule has 1 aromatic carbocycles. The monoisotopic (exact) mass is 503 g/mol. The van der Waals surface area contributed by atoms with Gasteiger partial charge in [0.2, 0.25) is 11.8 Å². The molecule has 0 bridgehead atoms. The van der Waals surface area contributed by atoms with Crippen LogP contribution in [0.3, 0.4) is 0 Å². The topological polar surface area (TPSA) is 87.7 Å². The molecule has 0 heterocycles. The molecule has 3 rings (SSSR count). The van der Waals surface area contributed by atoms with Gasteiger partial charge in [0.1, 0.15) is 17.7 Å². The van der Waals surface area contributed by atoms with Gasteiger partial charge in [-0.15, -0.1) is 0 Å². The summed E-state index contributed by atoms with van der Waals surface area (Å²) in [5.74, 6) is -0.100. The lowest BCUT2D eigenvalue weighted by molar-refractivity contribution is -0.143. The SMILES string of the molecule is Cc1ccccc1C(C(=O)NC1CCCCC1)N(C(=O)C(CS)NC(=O)OC(C)(C)C)C1CC1C. The summed E-state index contributed by atoms with van der Waals surface area (Å²) < 4.78 is 5.38. The molecular formula is C27H41N3O4S. The number of aryl methyl sites for hydroxylation is 1. The van der Waals surface area contributed by atoms with Crippen LogP contribution in [0.15, 0.2) is 24.3 Å². The van der Waals surface area contributed by atoms with Crippen molar-refractivity contribution >= 4 is 30.5 Å². The largest absolute Gasteiger partial charge is 0.444 e. The van der Waals surface area contributed by atoms with E-state index in [1.165, 1.54) is 6.42 Å². The van der Waals surface area contributed by atoms with Crippen molar-refractivity contribution < 1.29 is 19.1 Å². The molecule has 0 spiro atoms. The first-order valence-corrected chi connectivity index (χ1v) is 13.4. The van der Waals surface area contributed by atoms with Crippen LogP contribution in [0.5, 0.6) is 0 Å². The Balaban J connectivity index is 1.92. The van der Waals surface area contributed by atoms with Crippen molar-refractivity contribution in [2.24, 2.45) is 5.92 Å². The minimum atomic E-state index is -0.907. The smallest absolute Gasteiger partial charge is 0.408 e. The number of nitrogens with one attached hydrogen (secondary N) is 2. The fourth-order valence-corrected chi connectivity index (χ4v) is 5.07. The highest BCUT2D eigenvalue weighted by Gasteiger charge is 2.48. The van der Waals surface area contributed by atoms with E-state index < -0.39 is 23.8 Å². The fraction of sp³-hybridized carbons (Fsp3) is 0.667. The highest BCUT2D eigenvalue weighted by Crippen LogP contribution is 2.41. The van der Waals surface area contributed by atoms with Gasteiger partial charge < -0.3 is 20.3 Å². The maximum Gasteiger partial charge on any atom is 0.408 e. The van der Waals surface area contributed by atoms with Gasteiger partial charge in [-0.2, -0.15) is 12.6 Å². The van der Waals surface area contributed by atoms with Crippen LogP contribution >= 0.6 is 12.6 Å². The molecule has 0 aromatic heterocycles. The Kier molecular flexibility index (Phi) is 9.13.